The minimum absolute atomic E-state index is 0.0411. The van der Waals surface area contributed by atoms with E-state index in [1.54, 1.807) is 43.3 Å². The van der Waals surface area contributed by atoms with Crippen LogP contribution in [-0.4, -0.2) is 47.0 Å². The molecule has 166 valence electrons. The molecule has 1 heterocycles. The van der Waals surface area contributed by atoms with Crippen molar-refractivity contribution in [2.24, 2.45) is 4.99 Å². The molecule has 0 saturated carbocycles. The highest BCUT2D eigenvalue weighted by molar-refractivity contribution is 6.08. The number of hydrogen-bond acceptors (Lipinski definition) is 3. The molecule has 0 radical (unpaired) electrons. The Kier molecular flexibility index (Phi) is 6.22. The highest BCUT2D eigenvalue weighted by atomic mass is 16.5. The molecule has 7 nitrogen and oxygen atoms in total. The van der Waals surface area contributed by atoms with Crippen molar-refractivity contribution in [3.63, 3.8) is 0 Å². The Morgan fingerprint density at radius 2 is 1.55 bits per heavy atom. The Labute approximate surface area is 191 Å². The smallest absolute Gasteiger partial charge is 0.418 e. The molecular weight excluding hydrogens is 418 g/mol. The topological polar surface area (TPSA) is 82.4 Å². The van der Waals surface area contributed by atoms with Gasteiger partial charge in [0.2, 0.25) is 5.96 Å². The zero-order valence-electron chi connectivity index (χ0n) is 18.3. The first-order valence-corrected chi connectivity index (χ1v) is 10.3. The second-order valence-corrected chi connectivity index (χ2v) is 7.47. The van der Waals surface area contributed by atoms with Crippen molar-refractivity contribution in [3.05, 3.63) is 107 Å². The molecular formula is C26H23N3O4. The second-order valence-electron chi connectivity index (χ2n) is 7.47. The first kappa shape index (κ1) is 21.8. The number of aliphatic imine (C=N–C) groups is 1. The van der Waals surface area contributed by atoms with Crippen LogP contribution in [0.3, 0.4) is 0 Å². The molecule has 0 spiro atoms. The fourth-order valence-corrected chi connectivity index (χ4v) is 3.82. The first-order chi connectivity index (χ1) is 16.0. The molecule has 1 saturated heterocycles. The molecule has 4 rings (SSSR count). The highest BCUT2D eigenvalue weighted by Crippen LogP contribution is 2.38. The van der Waals surface area contributed by atoms with E-state index in [4.69, 9.17) is 4.74 Å². The van der Waals surface area contributed by atoms with Crippen LogP contribution >= 0.6 is 0 Å². The lowest BCUT2D eigenvalue weighted by molar-refractivity contribution is 0.100. The van der Waals surface area contributed by atoms with Crippen molar-refractivity contribution in [2.75, 3.05) is 14.2 Å². The third kappa shape index (κ3) is 4.48. The van der Waals surface area contributed by atoms with Crippen LogP contribution in [0.25, 0.3) is 6.08 Å². The van der Waals surface area contributed by atoms with E-state index < -0.39 is 18.0 Å². The Balaban J connectivity index is 1.82. The Bertz CT molecular complexity index is 1210. The summed E-state index contributed by atoms with van der Waals surface area (Å²) in [6.45, 7) is 0. The Morgan fingerprint density at radius 3 is 2.12 bits per heavy atom. The summed E-state index contributed by atoms with van der Waals surface area (Å²) in [6, 6.07) is 25.1. The van der Waals surface area contributed by atoms with Gasteiger partial charge in [-0.3, -0.25) is 4.79 Å². The van der Waals surface area contributed by atoms with Crippen LogP contribution < -0.4 is 4.74 Å². The van der Waals surface area contributed by atoms with E-state index in [-0.39, 0.29) is 5.96 Å². The van der Waals surface area contributed by atoms with Crippen LogP contribution in [0.5, 0.6) is 5.75 Å². The van der Waals surface area contributed by atoms with Crippen LogP contribution in [0.1, 0.15) is 27.5 Å². The quantitative estimate of drug-likeness (QED) is 0.623. The molecule has 0 bridgehead atoms. The van der Waals surface area contributed by atoms with Crippen LogP contribution in [0.15, 0.2) is 95.6 Å². The zero-order chi connectivity index (χ0) is 23.4. The average molecular weight is 441 g/mol. The predicted octanol–water partition coefficient (Wildman–Crippen LogP) is 4.90. The normalized spacial score (nSPS) is 18.1. The summed E-state index contributed by atoms with van der Waals surface area (Å²) >= 11 is 0. The molecule has 1 unspecified atom stereocenters. The van der Waals surface area contributed by atoms with Gasteiger partial charge >= 0.3 is 6.09 Å². The Hall–Kier alpha value is -4.39. The van der Waals surface area contributed by atoms with Crippen LogP contribution in [-0.2, 0) is 0 Å². The van der Waals surface area contributed by atoms with Crippen molar-refractivity contribution in [3.8, 4) is 5.75 Å². The Morgan fingerprint density at radius 1 is 0.939 bits per heavy atom. The number of likely N-dealkylation sites (N-methyl/N-ethyl adjacent to an activating group) is 1. The number of carbonyl (C=O) groups is 2. The first-order valence-electron chi connectivity index (χ1n) is 10.3. The van der Waals surface area contributed by atoms with Gasteiger partial charge in [-0.1, -0.05) is 60.7 Å². The van der Waals surface area contributed by atoms with Crippen LogP contribution in [0, 0.1) is 0 Å². The monoisotopic (exact) mass is 441 g/mol. The van der Waals surface area contributed by atoms with Crippen molar-refractivity contribution in [1.82, 2.24) is 9.80 Å². The SMILES string of the molecule is COc1ccc(C(=O)/N=C2/N(C(=O)O)/C(=C\c3ccccc3)C(c3ccccc3)N2C)cc1. The van der Waals surface area contributed by atoms with Crippen LogP contribution in [0.4, 0.5) is 4.79 Å². The number of methoxy groups -OCH3 is 1. The molecule has 1 fully saturated rings. The van der Waals surface area contributed by atoms with Gasteiger partial charge in [0.25, 0.3) is 5.91 Å². The van der Waals surface area contributed by atoms with Gasteiger partial charge < -0.3 is 14.7 Å². The minimum atomic E-state index is -1.22. The van der Waals surface area contributed by atoms with Gasteiger partial charge in [0.15, 0.2) is 0 Å². The highest BCUT2D eigenvalue weighted by Gasteiger charge is 2.43. The zero-order valence-corrected chi connectivity index (χ0v) is 18.3. The lowest BCUT2D eigenvalue weighted by atomic mass is 10.0. The standard InChI is InChI=1S/C26H23N3O4/c1-28-23(19-11-7-4-8-12-19)22(17-18-9-5-3-6-10-18)29(26(31)32)25(28)27-24(30)20-13-15-21(33-2)16-14-20/h3-17,23H,1-2H3,(H,31,32)/b22-17-,27-25+. The number of rotatable bonds is 4. The van der Waals surface area contributed by atoms with E-state index in [0.717, 1.165) is 16.0 Å². The van der Waals surface area contributed by atoms with E-state index in [1.807, 2.05) is 66.7 Å². The summed E-state index contributed by atoms with van der Waals surface area (Å²) in [5.41, 5.74) is 2.55. The van der Waals surface area contributed by atoms with E-state index in [1.165, 1.54) is 0 Å². The average Bonchev–Trinajstić information content (AvgIpc) is 3.11. The van der Waals surface area contributed by atoms with Gasteiger partial charge in [-0.2, -0.15) is 4.99 Å². The third-order valence-corrected chi connectivity index (χ3v) is 5.40. The van der Waals surface area contributed by atoms with Gasteiger partial charge in [0.05, 0.1) is 18.8 Å². The number of guanidine groups is 1. The maximum Gasteiger partial charge on any atom is 0.418 e. The lowest BCUT2D eigenvalue weighted by Crippen LogP contribution is -2.35. The van der Waals surface area contributed by atoms with E-state index in [0.29, 0.717) is 17.0 Å². The molecule has 7 heteroatoms. The fraction of sp³-hybridized carbons (Fsp3) is 0.115. The number of ether oxygens (including phenoxy) is 1. The number of benzene rings is 3. The molecule has 1 aliphatic heterocycles. The third-order valence-electron chi connectivity index (χ3n) is 5.40. The number of carbonyl (C=O) groups excluding carboxylic acids is 1. The molecule has 1 aliphatic rings. The largest absolute Gasteiger partial charge is 0.497 e. The van der Waals surface area contributed by atoms with Gasteiger partial charge in [0, 0.05) is 12.6 Å². The van der Waals surface area contributed by atoms with Crippen molar-refractivity contribution < 1.29 is 19.4 Å². The maximum absolute atomic E-state index is 12.9. The van der Waals surface area contributed by atoms with Crippen molar-refractivity contribution in [1.29, 1.82) is 0 Å². The van der Waals surface area contributed by atoms with Gasteiger partial charge in [0.1, 0.15) is 5.75 Å². The van der Waals surface area contributed by atoms with E-state index in [9.17, 15) is 14.7 Å². The fourth-order valence-electron chi connectivity index (χ4n) is 3.82. The van der Waals surface area contributed by atoms with Gasteiger partial charge in [-0.15, -0.1) is 0 Å². The molecule has 33 heavy (non-hydrogen) atoms. The number of carboxylic acid groups (broad SMARTS) is 1. The summed E-state index contributed by atoms with van der Waals surface area (Å²) in [5.74, 6) is 0.111. The lowest BCUT2D eigenvalue weighted by Gasteiger charge is -2.20. The van der Waals surface area contributed by atoms with Crippen molar-refractivity contribution in [2.45, 2.75) is 6.04 Å². The minimum Gasteiger partial charge on any atom is -0.497 e. The summed E-state index contributed by atoms with van der Waals surface area (Å²) in [7, 11) is 3.28. The molecule has 2 amide bonds. The second kappa shape index (κ2) is 9.40. The molecule has 1 atom stereocenters. The molecule has 3 aromatic rings. The van der Waals surface area contributed by atoms with Gasteiger partial charge in [-0.25, -0.2) is 9.69 Å². The number of nitrogens with zero attached hydrogens (tertiary/aromatic N) is 3. The summed E-state index contributed by atoms with van der Waals surface area (Å²) in [6.07, 6.45) is 0.589. The number of amides is 2. The van der Waals surface area contributed by atoms with Gasteiger partial charge in [-0.05, 0) is 41.5 Å². The molecule has 3 aromatic carbocycles. The van der Waals surface area contributed by atoms with E-state index >= 15 is 0 Å². The summed E-state index contributed by atoms with van der Waals surface area (Å²) in [4.78, 5) is 32.3. The molecule has 1 N–H and O–H groups in total. The maximum atomic E-state index is 12.9. The van der Waals surface area contributed by atoms with Crippen molar-refractivity contribution >= 4 is 24.0 Å². The predicted molar refractivity (Wildman–Crippen MR) is 126 cm³/mol. The van der Waals surface area contributed by atoms with E-state index in [2.05, 4.69) is 4.99 Å². The molecule has 0 aromatic heterocycles. The molecule has 0 aliphatic carbocycles. The summed E-state index contributed by atoms with van der Waals surface area (Å²) < 4.78 is 5.13. The number of hydrogen-bond donors (Lipinski definition) is 1. The van der Waals surface area contributed by atoms with Crippen LogP contribution in [0.2, 0.25) is 0 Å². The summed E-state index contributed by atoms with van der Waals surface area (Å²) in [5, 5.41) is 10.1.